The molecule has 0 aromatic carbocycles. The highest BCUT2D eigenvalue weighted by Crippen LogP contribution is 2.52. The van der Waals surface area contributed by atoms with Crippen LogP contribution in [0.1, 0.15) is 12.0 Å². The number of carbonyl (C=O) groups is 1. The summed E-state index contributed by atoms with van der Waals surface area (Å²) in [6.45, 7) is 0.218. The number of nitrogens with one attached hydrogen (secondary N) is 1. The van der Waals surface area contributed by atoms with Crippen LogP contribution in [0.2, 0.25) is 0 Å². The predicted octanol–water partition coefficient (Wildman–Crippen LogP) is 0.754. The van der Waals surface area contributed by atoms with Crippen LogP contribution < -0.4 is 5.73 Å². The van der Waals surface area contributed by atoms with E-state index in [1.807, 2.05) is 0 Å². The number of aromatic nitrogens is 2. The molecule has 3 N–H and O–H groups in total. The molecule has 1 amide bonds. The highest BCUT2D eigenvalue weighted by molar-refractivity contribution is 6.24. The summed E-state index contributed by atoms with van der Waals surface area (Å²) in [7, 11) is 0. The second-order valence-electron chi connectivity index (χ2n) is 3.42. The van der Waals surface area contributed by atoms with E-state index in [-0.39, 0.29) is 17.4 Å². The van der Waals surface area contributed by atoms with Crippen molar-refractivity contribution < 1.29 is 9.53 Å². The van der Waals surface area contributed by atoms with Crippen LogP contribution in [0.15, 0.2) is 12.4 Å². The number of alkyl halides is 1. The Bertz CT molecular complexity index is 340. The van der Waals surface area contributed by atoms with Gasteiger partial charge in [0.15, 0.2) is 0 Å². The molecule has 1 aromatic rings. The van der Waals surface area contributed by atoms with Crippen molar-refractivity contribution in [1.29, 1.82) is 0 Å². The van der Waals surface area contributed by atoms with E-state index < -0.39 is 6.09 Å². The minimum absolute atomic E-state index is 0.0144. The maximum absolute atomic E-state index is 10.5. The van der Waals surface area contributed by atoms with Crippen LogP contribution in [0.3, 0.4) is 0 Å². The standard InChI is InChI=1S/C8H10ClN3O2/c9-6-1-8(6,4-14-7(10)13)5-2-11-12-3-5/h2-3,6H,1,4H2,(H2,10,13)(H,11,12). The lowest BCUT2D eigenvalue weighted by Crippen LogP contribution is -2.23. The molecule has 1 aliphatic rings. The SMILES string of the molecule is NC(=O)OCC1(c2cn[nH]c2)CC1Cl. The van der Waals surface area contributed by atoms with Crippen LogP contribution in [-0.4, -0.2) is 28.3 Å². The van der Waals surface area contributed by atoms with E-state index in [1.165, 1.54) is 0 Å². The molecule has 2 unspecified atom stereocenters. The van der Waals surface area contributed by atoms with Crippen LogP contribution in [-0.2, 0) is 10.2 Å². The number of hydrogen-bond donors (Lipinski definition) is 2. The molecule has 0 saturated heterocycles. The first-order valence-electron chi connectivity index (χ1n) is 4.21. The number of halogens is 1. The Morgan fingerprint density at radius 2 is 2.64 bits per heavy atom. The second-order valence-corrected chi connectivity index (χ2v) is 3.95. The molecular formula is C8H10ClN3O2. The zero-order chi connectivity index (χ0) is 10.2. The van der Waals surface area contributed by atoms with Gasteiger partial charge >= 0.3 is 6.09 Å². The van der Waals surface area contributed by atoms with Crippen molar-refractivity contribution in [2.24, 2.45) is 5.73 Å². The van der Waals surface area contributed by atoms with Gasteiger partial charge < -0.3 is 10.5 Å². The van der Waals surface area contributed by atoms with Crippen LogP contribution in [0, 0.1) is 0 Å². The van der Waals surface area contributed by atoms with Gasteiger partial charge in [-0.25, -0.2) is 4.79 Å². The second kappa shape index (κ2) is 3.16. The smallest absolute Gasteiger partial charge is 0.404 e. The summed E-state index contributed by atoms with van der Waals surface area (Å²) in [5.41, 5.74) is 5.57. The van der Waals surface area contributed by atoms with Crippen molar-refractivity contribution >= 4 is 17.7 Å². The molecule has 1 aromatic heterocycles. The van der Waals surface area contributed by atoms with Crippen LogP contribution >= 0.6 is 11.6 Å². The average molecular weight is 216 g/mol. The van der Waals surface area contributed by atoms with Crippen molar-refractivity contribution in [3.63, 3.8) is 0 Å². The predicted molar refractivity (Wildman–Crippen MR) is 50.1 cm³/mol. The number of nitrogens with zero attached hydrogens (tertiary/aromatic N) is 1. The Morgan fingerprint density at radius 1 is 1.93 bits per heavy atom. The molecular weight excluding hydrogens is 206 g/mol. The molecule has 0 aliphatic heterocycles. The third-order valence-electron chi connectivity index (χ3n) is 2.53. The molecule has 1 saturated carbocycles. The van der Waals surface area contributed by atoms with Gasteiger partial charge in [-0.15, -0.1) is 11.6 Å². The Labute approximate surface area is 85.6 Å². The van der Waals surface area contributed by atoms with E-state index in [2.05, 4.69) is 10.2 Å². The highest BCUT2D eigenvalue weighted by atomic mass is 35.5. The minimum Gasteiger partial charge on any atom is -0.449 e. The fourth-order valence-corrected chi connectivity index (χ4v) is 1.98. The zero-order valence-electron chi connectivity index (χ0n) is 7.37. The van der Waals surface area contributed by atoms with Crippen LogP contribution in [0.5, 0.6) is 0 Å². The summed E-state index contributed by atoms with van der Waals surface area (Å²) >= 11 is 6.01. The van der Waals surface area contributed by atoms with Gasteiger partial charge in [0, 0.05) is 17.1 Å². The number of ether oxygens (including phenoxy) is 1. The summed E-state index contributed by atoms with van der Waals surface area (Å²) in [5, 5.41) is 6.52. The number of aromatic amines is 1. The van der Waals surface area contributed by atoms with Crippen molar-refractivity contribution in [2.45, 2.75) is 17.2 Å². The van der Waals surface area contributed by atoms with E-state index in [0.717, 1.165) is 12.0 Å². The molecule has 1 heterocycles. The van der Waals surface area contributed by atoms with E-state index >= 15 is 0 Å². The topological polar surface area (TPSA) is 81.0 Å². The van der Waals surface area contributed by atoms with Crippen molar-refractivity contribution in [2.75, 3.05) is 6.61 Å². The molecule has 14 heavy (non-hydrogen) atoms. The largest absolute Gasteiger partial charge is 0.449 e. The summed E-state index contributed by atoms with van der Waals surface area (Å²) in [6.07, 6.45) is 3.45. The molecule has 6 heteroatoms. The van der Waals surface area contributed by atoms with E-state index in [0.29, 0.717) is 0 Å². The number of primary amides is 1. The number of rotatable bonds is 3. The first-order valence-corrected chi connectivity index (χ1v) is 4.64. The van der Waals surface area contributed by atoms with Gasteiger partial charge in [0.25, 0.3) is 0 Å². The minimum atomic E-state index is -0.774. The maximum atomic E-state index is 10.5. The number of amides is 1. The van der Waals surface area contributed by atoms with E-state index in [4.69, 9.17) is 22.1 Å². The Balaban J connectivity index is 2.09. The third-order valence-corrected chi connectivity index (χ3v) is 3.10. The first-order chi connectivity index (χ1) is 6.65. The zero-order valence-corrected chi connectivity index (χ0v) is 8.12. The van der Waals surface area contributed by atoms with Gasteiger partial charge in [0.2, 0.25) is 0 Å². The molecule has 5 nitrogen and oxygen atoms in total. The Hall–Kier alpha value is -1.23. The third kappa shape index (κ3) is 1.43. The summed E-state index contributed by atoms with van der Waals surface area (Å²) < 4.78 is 4.78. The molecule has 0 spiro atoms. The number of hydrogen-bond acceptors (Lipinski definition) is 3. The van der Waals surface area contributed by atoms with Gasteiger partial charge in [-0.3, -0.25) is 5.10 Å². The summed E-state index contributed by atoms with van der Waals surface area (Å²) in [4.78, 5) is 10.5. The fourth-order valence-electron chi connectivity index (χ4n) is 1.52. The molecule has 0 bridgehead atoms. The number of H-pyrrole nitrogens is 1. The average Bonchev–Trinajstić information content (AvgIpc) is 2.63. The molecule has 2 atom stereocenters. The lowest BCUT2D eigenvalue weighted by Gasteiger charge is -2.12. The summed E-state index contributed by atoms with van der Waals surface area (Å²) in [5.74, 6) is 0. The van der Waals surface area contributed by atoms with Crippen molar-refractivity contribution in [3.8, 4) is 0 Å². The number of carbonyl (C=O) groups excluding carboxylic acids is 1. The lowest BCUT2D eigenvalue weighted by molar-refractivity contribution is 0.145. The van der Waals surface area contributed by atoms with E-state index in [1.54, 1.807) is 12.4 Å². The summed E-state index contributed by atoms with van der Waals surface area (Å²) in [6, 6.07) is 0. The van der Waals surface area contributed by atoms with Gasteiger partial charge in [-0.2, -0.15) is 5.10 Å². The van der Waals surface area contributed by atoms with Gasteiger partial charge in [0.1, 0.15) is 6.61 Å². The van der Waals surface area contributed by atoms with E-state index in [9.17, 15) is 4.79 Å². The molecule has 1 fully saturated rings. The Morgan fingerprint density at radius 3 is 3.07 bits per heavy atom. The molecule has 0 radical (unpaired) electrons. The first kappa shape index (κ1) is 9.33. The maximum Gasteiger partial charge on any atom is 0.404 e. The fraction of sp³-hybridized carbons (Fsp3) is 0.500. The molecule has 2 rings (SSSR count). The van der Waals surface area contributed by atoms with Crippen molar-refractivity contribution in [3.05, 3.63) is 18.0 Å². The van der Waals surface area contributed by atoms with Gasteiger partial charge in [-0.05, 0) is 6.42 Å². The quantitative estimate of drug-likeness (QED) is 0.731. The van der Waals surface area contributed by atoms with Gasteiger partial charge in [-0.1, -0.05) is 0 Å². The highest BCUT2D eigenvalue weighted by Gasteiger charge is 2.56. The lowest BCUT2D eigenvalue weighted by atomic mass is 10.0. The Kier molecular flexibility index (Phi) is 2.11. The number of nitrogens with two attached hydrogens (primary N) is 1. The molecule has 76 valence electrons. The monoisotopic (exact) mass is 215 g/mol. The van der Waals surface area contributed by atoms with Crippen LogP contribution in [0.4, 0.5) is 4.79 Å². The van der Waals surface area contributed by atoms with Gasteiger partial charge in [0.05, 0.1) is 11.6 Å². The van der Waals surface area contributed by atoms with Crippen LogP contribution in [0.25, 0.3) is 0 Å². The molecule has 1 aliphatic carbocycles. The van der Waals surface area contributed by atoms with Crippen molar-refractivity contribution in [1.82, 2.24) is 10.2 Å². The normalized spacial score (nSPS) is 29.9.